The zero-order chi connectivity index (χ0) is 30.0. The third kappa shape index (κ3) is 5.55. The van der Waals surface area contributed by atoms with Gasteiger partial charge in [0.2, 0.25) is 0 Å². The lowest BCUT2D eigenvalue weighted by atomic mass is 10.0. The highest BCUT2D eigenvalue weighted by Crippen LogP contribution is 2.37. The van der Waals surface area contributed by atoms with Crippen molar-refractivity contribution in [3.05, 3.63) is 55.6 Å². The maximum absolute atomic E-state index is 13.7. The number of hydrogen-bond donors (Lipinski definition) is 0. The monoisotopic (exact) mass is 558 g/mol. The molecule has 1 aliphatic heterocycles. The van der Waals surface area contributed by atoms with Crippen molar-refractivity contribution in [2.24, 2.45) is 0 Å². The number of benzene rings is 2. The predicted molar refractivity (Wildman–Crippen MR) is 149 cm³/mol. The van der Waals surface area contributed by atoms with E-state index in [1.165, 1.54) is 38.5 Å². The highest BCUT2D eigenvalue weighted by Gasteiger charge is 2.38. The number of nitro benzene ring substituents is 2. The van der Waals surface area contributed by atoms with Gasteiger partial charge in [-0.25, -0.2) is 0 Å². The minimum Gasteiger partial charge on any atom is -0.496 e. The second-order valence-electron chi connectivity index (χ2n) is 10.00. The van der Waals surface area contributed by atoms with Gasteiger partial charge in [0.05, 0.1) is 35.2 Å². The van der Waals surface area contributed by atoms with E-state index in [2.05, 4.69) is 0 Å². The molecule has 40 heavy (non-hydrogen) atoms. The van der Waals surface area contributed by atoms with Gasteiger partial charge >= 0.3 is 0 Å². The van der Waals surface area contributed by atoms with Crippen LogP contribution in [0.4, 0.5) is 22.7 Å². The Morgan fingerprint density at radius 1 is 0.750 bits per heavy atom. The van der Waals surface area contributed by atoms with Gasteiger partial charge in [-0.3, -0.25) is 29.8 Å². The number of carbonyl (C=O) groups excluding carboxylic acids is 2. The average Bonchev–Trinajstić information content (AvgIpc) is 2.91. The Bertz CT molecular complexity index is 1240. The van der Waals surface area contributed by atoms with Crippen LogP contribution in [0.1, 0.15) is 34.6 Å². The molecule has 1 fully saturated rings. The van der Waals surface area contributed by atoms with Gasteiger partial charge in [-0.05, 0) is 13.8 Å². The number of amides is 2. The van der Waals surface area contributed by atoms with E-state index in [9.17, 15) is 29.8 Å². The van der Waals surface area contributed by atoms with Crippen molar-refractivity contribution < 1.29 is 28.9 Å². The second kappa shape index (κ2) is 11.6. The van der Waals surface area contributed by atoms with E-state index in [-0.39, 0.29) is 47.1 Å². The molecule has 0 saturated carbocycles. The van der Waals surface area contributed by atoms with Crippen molar-refractivity contribution in [3.8, 4) is 11.5 Å². The standard InChI is InChI=1S/C26H34N6O8/c1-15-13-30(26(34)18-10-22(32(37)38)20(28(5)6)12-24(18)40-8)16(2)14-29(15)25(33)17-9-21(31(35)36)19(27(3)4)11-23(17)39-7/h9-12,15-16H,13-14H2,1-8H3/t15-,16-/m1/s1. The Labute approximate surface area is 231 Å². The van der Waals surface area contributed by atoms with Crippen LogP contribution in [0.3, 0.4) is 0 Å². The van der Waals surface area contributed by atoms with E-state index in [0.29, 0.717) is 11.4 Å². The SMILES string of the molecule is COc1cc(N(C)C)c([N+](=O)[O-])cc1C(=O)N1C[C@@H](C)N(C(=O)c2cc([N+](=O)[O-])c(N(C)C)cc2OC)C[C@H]1C. The van der Waals surface area contributed by atoms with Crippen molar-refractivity contribution in [2.75, 3.05) is 65.3 Å². The summed E-state index contributed by atoms with van der Waals surface area (Å²) < 4.78 is 10.8. The molecule has 14 heteroatoms. The van der Waals surface area contributed by atoms with Gasteiger partial charge in [-0.2, -0.15) is 0 Å². The third-order valence-electron chi connectivity index (χ3n) is 6.92. The topological polar surface area (TPSA) is 152 Å². The average molecular weight is 559 g/mol. The molecule has 1 heterocycles. The zero-order valence-corrected chi connectivity index (χ0v) is 23.8. The molecular formula is C26H34N6O8. The molecule has 2 atom stereocenters. The number of carbonyl (C=O) groups is 2. The van der Waals surface area contributed by atoms with Crippen molar-refractivity contribution in [1.29, 1.82) is 0 Å². The van der Waals surface area contributed by atoms with Gasteiger partial charge in [0, 0.05) is 77.6 Å². The van der Waals surface area contributed by atoms with Crippen molar-refractivity contribution >= 4 is 34.6 Å². The van der Waals surface area contributed by atoms with E-state index in [0.717, 1.165) is 0 Å². The summed E-state index contributed by atoms with van der Waals surface area (Å²) in [6, 6.07) is 4.37. The van der Waals surface area contributed by atoms with Crippen LogP contribution >= 0.6 is 0 Å². The molecule has 0 aromatic heterocycles. The van der Waals surface area contributed by atoms with Gasteiger partial charge in [0.15, 0.2) is 0 Å². The Hall–Kier alpha value is -4.62. The fraction of sp³-hybridized carbons (Fsp3) is 0.462. The molecular weight excluding hydrogens is 524 g/mol. The molecule has 0 spiro atoms. The lowest BCUT2D eigenvalue weighted by Gasteiger charge is -2.44. The van der Waals surface area contributed by atoms with Crippen molar-refractivity contribution in [2.45, 2.75) is 25.9 Å². The van der Waals surface area contributed by atoms with Crippen LogP contribution in [0.15, 0.2) is 24.3 Å². The molecule has 2 aromatic rings. The highest BCUT2D eigenvalue weighted by molar-refractivity contribution is 6.01. The lowest BCUT2D eigenvalue weighted by molar-refractivity contribution is -0.384. The molecule has 1 aliphatic rings. The molecule has 1 saturated heterocycles. The Morgan fingerprint density at radius 2 is 1.07 bits per heavy atom. The fourth-order valence-electron chi connectivity index (χ4n) is 4.80. The van der Waals surface area contributed by atoms with Crippen LogP contribution in [-0.4, -0.2) is 99.0 Å². The highest BCUT2D eigenvalue weighted by atomic mass is 16.6. The Balaban J connectivity index is 1.95. The summed E-state index contributed by atoms with van der Waals surface area (Å²) in [6.45, 7) is 3.76. The first kappa shape index (κ1) is 29.9. The molecule has 0 aliphatic carbocycles. The van der Waals surface area contributed by atoms with Gasteiger partial charge in [-0.1, -0.05) is 0 Å². The molecule has 3 rings (SSSR count). The van der Waals surface area contributed by atoms with Crippen molar-refractivity contribution in [1.82, 2.24) is 9.80 Å². The van der Waals surface area contributed by atoms with E-state index >= 15 is 0 Å². The smallest absolute Gasteiger partial charge is 0.293 e. The molecule has 0 radical (unpaired) electrons. The van der Waals surface area contributed by atoms with Crippen LogP contribution in [-0.2, 0) is 0 Å². The number of piperazine rings is 1. The Morgan fingerprint density at radius 3 is 1.32 bits per heavy atom. The second-order valence-corrected chi connectivity index (χ2v) is 10.00. The molecule has 2 aromatic carbocycles. The number of ether oxygens (including phenoxy) is 2. The Kier molecular flexibility index (Phi) is 8.71. The van der Waals surface area contributed by atoms with E-state index < -0.39 is 33.7 Å². The molecule has 0 N–H and O–H groups in total. The minimum atomic E-state index is -0.553. The van der Waals surface area contributed by atoms with E-state index in [1.54, 1.807) is 61.6 Å². The number of rotatable bonds is 8. The molecule has 0 bridgehead atoms. The number of anilines is 2. The third-order valence-corrected chi connectivity index (χ3v) is 6.92. The fourth-order valence-corrected chi connectivity index (χ4v) is 4.80. The van der Waals surface area contributed by atoms with Crippen LogP contribution in [0.5, 0.6) is 11.5 Å². The summed E-state index contributed by atoms with van der Waals surface area (Å²) in [6.07, 6.45) is 0. The summed E-state index contributed by atoms with van der Waals surface area (Å²) in [5.41, 5.74) is 0.180. The predicted octanol–water partition coefficient (Wildman–Crippen LogP) is 3.03. The van der Waals surface area contributed by atoms with Crippen LogP contribution in [0.2, 0.25) is 0 Å². The maximum Gasteiger partial charge on any atom is 0.293 e. The van der Waals surface area contributed by atoms with Gasteiger partial charge in [0.1, 0.15) is 22.9 Å². The van der Waals surface area contributed by atoms with Crippen molar-refractivity contribution in [3.63, 3.8) is 0 Å². The zero-order valence-electron chi connectivity index (χ0n) is 23.8. The molecule has 0 unspecified atom stereocenters. The van der Waals surface area contributed by atoms with Crippen LogP contribution in [0, 0.1) is 20.2 Å². The summed E-state index contributed by atoms with van der Waals surface area (Å²) in [7, 11) is 9.38. The minimum absolute atomic E-state index is 0.0372. The van der Waals surface area contributed by atoms with Crippen LogP contribution < -0.4 is 19.3 Å². The number of nitro groups is 2. The largest absolute Gasteiger partial charge is 0.496 e. The molecule has 216 valence electrons. The molecule has 14 nitrogen and oxygen atoms in total. The quantitative estimate of drug-likeness (QED) is 0.349. The first-order valence-electron chi connectivity index (χ1n) is 12.4. The maximum atomic E-state index is 13.7. The van der Waals surface area contributed by atoms with Gasteiger partial charge in [0.25, 0.3) is 23.2 Å². The summed E-state index contributed by atoms with van der Waals surface area (Å²) in [5, 5.41) is 23.5. The van der Waals surface area contributed by atoms with E-state index in [1.807, 2.05) is 0 Å². The first-order valence-corrected chi connectivity index (χ1v) is 12.4. The molecule has 2 amide bonds. The first-order chi connectivity index (χ1) is 18.7. The summed E-state index contributed by atoms with van der Waals surface area (Å²) >= 11 is 0. The van der Waals surface area contributed by atoms with E-state index in [4.69, 9.17) is 9.47 Å². The van der Waals surface area contributed by atoms with Crippen LogP contribution in [0.25, 0.3) is 0 Å². The lowest BCUT2D eigenvalue weighted by Crippen LogP contribution is -2.59. The van der Waals surface area contributed by atoms with Gasteiger partial charge in [-0.15, -0.1) is 0 Å². The normalized spacial score (nSPS) is 16.8. The summed E-state index contributed by atoms with van der Waals surface area (Å²) in [4.78, 5) is 55.9. The summed E-state index contributed by atoms with van der Waals surface area (Å²) in [5.74, 6) is -0.563. The number of hydrogen-bond acceptors (Lipinski definition) is 10. The van der Waals surface area contributed by atoms with Gasteiger partial charge < -0.3 is 29.1 Å². The number of nitrogens with zero attached hydrogens (tertiary/aromatic N) is 6. The number of methoxy groups -OCH3 is 2.